The lowest BCUT2D eigenvalue weighted by molar-refractivity contribution is -0.145. The Morgan fingerprint density at radius 1 is 1.07 bits per heavy atom. The highest BCUT2D eigenvalue weighted by atomic mass is 35.5. The van der Waals surface area contributed by atoms with Crippen molar-refractivity contribution in [2.24, 2.45) is 0 Å². The molecule has 0 aromatic heterocycles. The lowest BCUT2D eigenvalue weighted by atomic mass is 9.98. The number of ether oxygens (including phenoxy) is 1. The summed E-state index contributed by atoms with van der Waals surface area (Å²) in [7, 11) is 1.29. The number of hydrogen-bond acceptors (Lipinski definition) is 4. The van der Waals surface area contributed by atoms with Crippen molar-refractivity contribution in [3.8, 4) is 0 Å². The van der Waals surface area contributed by atoms with Crippen molar-refractivity contribution < 1.29 is 19.1 Å². The highest BCUT2D eigenvalue weighted by molar-refractivity contribution is 6.36. The Labute approximate surface area is 252 Å². The van der Waals surface area contributed by atoms with E-state index in [0.29, 0.717) is 41.5 Å². The molecule has 8 heteroatoms. The molecule has 1 heterocycles. The smallest absolute Gasteiger partial charge is 0.328 e. The van der Waals surface area contributed by atoms with Gasteiger partial charge in [-0.1, -0.05) is 91.0 Å². The predicted molar refractivity (Wildman–Crippen MR) is 166 cm³/mol. The zero-order chi connectivity index (χ0) is 29.8. The summed E-state index contributed by atoms with van der Waals surface area (Å²) in [4.78, 5) is 39.9. The van der Waals surface area contributed by atoms with Crippen LogP contribution in [0.3, 0.4) is 0 Å². The summed E-state index contributed by atoms with van der Waals surface area (Å²) in [5.74, 6) is -0.793. The number of nitrogens with one attached hydrogen (secondary N) is 1. The normalized spacial score (nSPS) is 14.4. The van der Waals surface area contributed by atoms with E-state index in [9.17, 15) is 14.4 Å². The van der Waals surface area contributed by atoms with Crippen LogP contribution in [-0.4, -0.2) is 48.9 Å². The average Bonchev–Trinajstić information content (AvgIpc) is 3.23. The molecule has 1 aliphatic heterocycles. The van der Waals surface area contributed by atoms with Crippen LogP contribution >= 0.6 is 23.2 Å². The van der Waals surface area contributed by atoms with Crippen LogP contribution in [0.4, 0.5) is 0 Å². The molecular formula is C33H36Cl2N2O4. The van der Waals surface area contributed by atoms with Crippen LogP contribution in [0.2, 0.25) is 10.0 Å². The van der Waals surface area contributed by atoms with Crippen LogP contribution in [0.5, 0.6) is 0 Å². The van der Waals surface area contributed by atoms with Crippen molar-refractivity contribution in [2.45, 2.75) is 44.6 Å². The van der Waals surface area contributed by atoms with Gasteiger partial charge in [0.15, 0.2) is 0 Å². The highest BCUT2D eigenvalue weighted by Crippen LogP contribution is 2.26. The van der Waals surface area contributed by atoms with Gasteiger partial charge in [-0.15, -0.1) is 0 Å². The number of esters is 1. The summed E-state index contributed by atoms with van der Waals surface area (Å²) in [6.45, 7) is 8.78. The molecule has 41 heavy (non-hydrogen) atoms. The molecule has 0 aliphatic carbocycles. The molecule has 0 bridgehead atoms. The Morgan fingerprint density at radius 3 is 2.41 bits per heavy atom. The first-order valence-electron chi connectivity index (χ1n) is 13.6. The number of hydrogen-bond donors (Lipinski definition) is 1. The van der Waals surface area contributed by atoms with E-state index in [1.807, 2.05) is 35.2 Å². The molecule has 3 rings (SSSR count). The number of carbonyl (C=O) groups excluding carboxylic acids is 3. The number of rotatable bonds is 12. The van der Waals surface area contributed by atoms with Crippen LogP contribution in [0.1, 0.15) is 42.4 Å². The van der Waals surface area contributed by atoms with Gasteiger partial charge in [0.1, 0.15) is 6.04 Å². The van der Waals surface area contributed by atoms with Gasteiger partial charge >= 0.3 is 5.97 Å². The Bertz CT molecular complexity index is 1310. The van der Waals surface area contributed by atoms with Gasteiger partial charge in [-0.3, -0.25) is 9.59 Å². The van der Waals surface area contributed by atoms with Crippen LogP contribution in [0.15, 0.2) is 85.5 Å². The molecule has 6 nitrogen and oxygen atoms in total. The number of nitrogens with zero attached hydrogens (tertiary/aromatic N) is 1. The Balaban J connectivity index is 1.62. The van der Waals surface area contributed by atoms with E-state index in [0.717, 1.165) is 29.5 Å². The zero-order valence-corrected chi connectivity index (χ0v) is 24.8. The first kappa shape index (κ1) is 31.9. The number of allylic oxidation sites excluding steroid dienone is 5. The summed E-state index contributed by atoms with van der Waals surface area (Å²) in [5, 5.41) is 3.53. The molecule has 0 spiro atoms. The van der Waals surface area contributed by atoms with Gasteiger partial charge in [0.2, 0.25) is 11.8 Å². The fraction of sp³-hybridized carbons (Fsp3) is 0.303. The molecule has 1 unspecified atom stereocenters. The quantitative estimate of drug-likeness (QED) is 0.224. The molecule has 0 saturated heterocycles. The summed E-state index contributed by atoms with van der Waals surface area (Å²) in [6.07, 6.45) is 10.5. The minimum absolute atomic E-state index is 0.0560. The molecular weight excluding hydrogens is 559 g/mol. The van der Waals surface area contributed by atoms with E-state index in [1.54, 1.807) is 30.4 Å². The molecule has 2 aromatic carbocycles. The first-order valence-corrected chi connectivity index (χ1v) is 14.3. The number of amides is 2. The van der Waals surface area contributed by atoms with E-state index in [1.165, 1.54) is 12.7 Å². The predicted octanol–water partition coefficient (Wildman–Crippen LogP) is 6.52. The Hall–Kier alpha value is -3.61. The molecule has 216 valence electrons. The van der Waals surface area contributed by atoms with Gasteiger partial charge in [0.05, 0.1) is 13.5 Å². The van der Waals surface area contributed by atoms with E-state index in [2.05, 4.69) is 24.6 Å². The van der Waals surface area contributed by atoms with Crippen molar-refractivity contribution in [3.05, 3.63) is 112 Å². The van der Waals surface area contributed by atoms with Gasteiger partial charge in [-0.05, 0) is 59.2 Å². The molecule has 1 aliphatic rings. The summed E-state index contributed by atoms with van der Waals surface area (Å²) < 4.78 is 4.93. The maximum absolute atomic E-state index is 12.8. The zero-order valence-electron chi connectivity index (χ0n) is 23.3. The first-order chi connectivity index (χ1) is 19.7. The highest BCUT2D eigenvalue weighted by Gasteiger charge is 2.23. The fourth-order valence-electron chi connectivity index (χ4n) is 4.71. The van der Waals surface area contributed by atoms with E-state index >= 15 is 0 Å². The number of carbonyl (C=O) groups is 3. The van der Waals surface area contributed by atoms with E-state index < -0.39 is 12.0 Å². The monoisotopic (exact) mass is 594 g/mol. The van der Waals surface area contributed by atoms with Crippen molar-refractivity contribution in [1.29, 1.82) is 0 Å². The maximum atomic E-state index is 12.8. The van der Waals surface area contributed by atoms with Crippen molar-refractivity contribution in [2.75, 3.05) is 20.2 Å². The standard InChI is InChI=1S/C33H36Cl2N2O4/c1-4-8-23(5-2)14-17-32(39)37-19-7-9-25(18-20-37)26-15-12-24(13-16-26)21-30(33(40)41-3)36-31(38)22-27-28(34)10-6-11-29(27)35/h4-6,8,10-13,15-16,18,30H,1-2,7,9,14,17,19-22H2,3H3,(H,36,38)/b23-8+. The third-order valence-electron chi connectivity index (χ3n) is 6.99. The van der Waals surface area contributed by atoms with Crippen LogP contribution < -0.4 is 5.32 Å². The Kier molecular flexibility index (Phi) is 12.4. The van der Waals surface area contributed by atoms with Gasteiger partial charge < -0.3 is 15.0 Å². The molecule has 1 N–H and O–H groups in total. The molecule has 2 aromatic rings. The fourth-order valence-corrected chi connectivity index (χ4v) is 5.24. The second-order valence-corrected chi connectivity index (χ2v) is 10.6. The summed E-state index contributed by atoms with van der Waals surface area (Å²) in [5.41, 5.74) is 4.62. The lowest BCUT2D eigenvalue weighted by Crippen LogP contribution is -2.43. The van der Waals surface area contributed by atoms with Crippen molar-refractivity contribution in [3.63, 3.8) is 0 Å². The molecule has 0 saturated carbocycles. The molecule has 0 radical (unpaired) electrons. The minimum Gasteiger partial charge on any atom is -0.467 e. The second-order valence-electron chi connectivity index (χ2n) is 9.78. The molecule has 2 amide bonds. The Morgan fingerprint density at radius 2 is 1.78 bits per heavy atom. The SMILES string of the molecule is C=C/C=C(\C=C)CCC(=O)N1CC=C(c2ccc(CC(NC(=O)Cc3c(Cl)cccc3Cl)C(=O)OC)cc2)CCC1. The van der Waals surface area contributed by atoms with Crippen molar-refractivity contribution >= 4 is 46.6 Å². The number of halogens is 2. The van der Waals surface area contributed by atoms with Gasteiger partial charge in [-0.25, -0.2) is 4.79 Å². The second kappa shape index (κ2) is 16.0. The summed E-state index contributed by atoms with van der Waals surface area (Å²) >= 11 is 12.4. The van der Waals surface area contributed by atoms with Gasteiger partial charge in [-0.2, -0.15) is 0 Å². The molecule has 0 fully saturated rings. The van der Waals surface area contributed by atoms with E-state index in [-0.39, 0.29) is 24.7 Å². The summed E-state index contributed by atoms with van der Waals surface area (Å²) in [6, 6.07) is 12.1. The lowest BCUT2D eigenvalue weighted by Gasteiger charge is -2.19. The van der Waals surface area contributed by atoms with Gasteiger partial charge in [0, 0.05) is 36.0 Å². The largest absolute Gasteiger partial charge is 0.467 e. The van der Waals surface area contributed by atoms with Crippen LogP contribution in [0.25, 0.3) is 5.57 Å². The minimum atomic E-state index is -0.862. The molecule has 1 atom stereocenters. The third-order valence-corrected chi connectivity index (χ3v) is 7.70. The van der Waals surface area contributed by atoms with E-state index in [4.69, 9.17) is 27.9 Å². The maximum Gasteiger partial charge on any atom is 0.328 e. The number of benzene rings is 2. The van der Waals surface area contributed by atoms with Gasteiger partial charge in [0.25, 0.3) is 0 Å². The van der Waals surface area contributed by atoms with Crippen molar-refractivity contribution in [1.82, 2.24) is 10.2 Å². The topological polar surface area (TPSA) is 75.7 Å². The number of methoxy groups -OCH3 is 1. The van der Waals surface area contributed by atoms with Crippen LogP contribution in [0, 0.1) is 0 Å². The van der Waals surface area contributed by atoms with Crippen LogP contribution in [-0.2, 0) is 32.0 Å². The average molecular weight is 596 g/mol. The third kappa shape index (κ3) is 9.48.